The summed E-state index contributed by atoms with van der Waals surface area (Å²) in [6.07, 6.45) is 8.55. The first-order valence-corrected chi connectivity index (χ1v) is 21.9. The Labute approximate surface area is 363 Å². The minimum absolute atomic E-state index is 0.0985. The molecule has 62 heavy (non-hydrogen) atoms. The minimum atomic E-state index is -0.467. The molecule has 6 heterocycles. The average Bonchev–Trinajstić information content (AvgIpc) is 3.68. The Morgan fingerprint density at radius 3 is 2.42 bits per heavy atom. The topological polar surface area (TPSA) is 181 Å². The molecule has 1 aliphatic carbocycles. The number of nitrogens with zero attached hydrogens (tertiary/aromatic N) is 8. The Morgan fingerprint density at radius 2 is 1.68 bits per heavy atom. The molecule has 1 atom stereocenters. The summed E-state index contributed by atoms with van der Waals surface area (Å²) in [6.45, 7) is 9.03. The number of benzene rings is 2. The van der Waals surface area contributed by atoms with E-state index in [1.54, 1.807) is 21.5 Å². The van der Waals surface area contributed by atoms with E-state index in [4.69, 9.17) is 26.1 Å². The van der Waals surface area contributed by atoms with Crippen molar-refractivity contribution in [3.63, 3.8) is 0 Å². The number of aromatic nitrogens is 5. The van der Waals surface area contributed by atoms with Crippen molar-refractivity contribution in [3.8, 4) is 5.75 Å². The molecule has 326 valence electrons. The molecule has 9 rings (SSSR count). The first-order valence-electron chi connectivity index (χ1n) is 21.5. The van der Waals surface area contributed by atoms with Gasteiger partial charge in [-0.1, -0.05) is 11.6 Å². The highest BCUT2D eigenvalue weighted by Gasteiger charge is 2.38. The van der Waals surface area contributed by atoms with E-state index in [-0.39, 0.29) is 53.9 Å². The van der Waals surface area contributed by atoms with Crippen LogP contribution >= 0.6 is 11.6 Å². The summed E-state index contributed by atoms with van der Waals surface area (Å²) in [4.78, 5) is 65.7. The van der Waals surface area contributed by atoms with E-state index in [2.05, 4.69) is 52.9 Å². The number of ether oxygens (including phenoxy) is 2. The summed E-state index contributed by atoms with van der Waals surface area (Å²) in [5.74, 6) is 0.325. The van der Waals surface area contributed by atoms with Gasteiger partial charge in [-0.15, -0.1) is 0 Å². The number of carbonyl (C=O) groups is 3. The molecule has 4 aliphatic rings. The Kier molecular flexibility index (Phi) is 11.8. The van der Waals surface area contributed by atoms with Gasteiger partial charge in [-0.05, 0) is 88.4 Å². The maximum atomic E-state index is 13.2. The van der Waals surface area contributed by atoms with Crippen LogP contribution in [0.3, 0.4) is 0 Å². The van der Waals surface area contributed by atoms with Gasteiger partial charge in [-0.2, -0.15) is 10.1 Å². The molecule has 0 spiro atoms. The highest BCUT2D eigenvalue weighted by atomic mass is 35.5. The molecule has 3 N–H and O–H groups in total. The number of amides is 3. The van der Waals surface area contributed by atoms with Gasteiger partial charge < -0.3 is 34.5 Å². The van der Waals surface area contributed by atoms with Crippen LogP contribution in [0.5, 0.6) is 5.75 Å². The molecule has 3 saturated heterocycles. The summed E-state index contributed by atoms with van der Waals surface area (Å²) in [5, 5.41) is 14.9. The third-order valence-corrected chi connectivity index (χ3v) is 12.9. The molecule has 0 bridgehead atoms. The number of pyridine rings is 1. The number of nitrogens with one attached hydrogen (secondary N) is 3. The molecular formula is C44H52ClN11O6. The second kappa shape index (κ2) is 17.5. The first-order chi connectivity index (χ1) is 30.0. The van der Waals surface area contributed by atoms with E-state index < -0.39 is 6.04 Å². The molecule has 0 radical (unpaired) electrons. The van der Waals surface area contributed by atoms with Crippen LogP contribution in [0.1, 0.15) is 64.5 Å². The van der Waals surface area contributed by atoms with Gasteiger partial charge in [0.15, 0.2) is 18.2 Å². The van der Waals surface area contributed by atoms with Crippen molar-refractivity contribution < 1.29 is 23.9 Å². The number of piperidine rings is 2. The van der Waals surface area contributed by atoms with Gasteiger partial charge in [-0.25, -0.2) is 4.98 Å². The lowest BCUT2D eigenvalue weighted by Crippen LogP contribution is -2.56. The summed E-state index contributed by atoms with van der Waals surface area (Å²) in [7, 11) is 1.52. The molecule has 3 amide bonds. The van der Waals surface area contributed by atoms with Gasteiger partial charge >= 0.3 is 0 Å². The highest BCUT2D eigenvalue weighted by molar-refractivity contribution is 6.33. The fourth-order valence-electron chi connectivity index (χ4n) is 9.12. The van der Waals surface area contributed by atoms with E-state index in [1.165, 1.54) is 7.05 Å². The van der Waals surface area contributed by atoms with E-state index in [1.807, 2.05) is 44.3 Å². The number of carbonyl (C=O) groups excluding carboxylic acids is 3. The minimum Gasteiger partial charge on any atom is -0.478 e. The molecule has 1 saturated carbocycles. The van der Waals surface area contributed by atoms with Crippen LogP contribution in [0.2, 0.25) is 5.02 Å². The molecule has 5 aromatic rings. The molecular weight excluding hydrogens is 814 g/mol. The Morgan fingerprint density at radius 1 is 0.903 bits per heavy atom. The smallest absolute Gasteiger partial charge is 0.293 e. The second-order valence-corrected chi connectivity index (χ2v) is 17.3. The fourth-order valence-corrected chi connectivity index (χ4v) is 9.26. The zero-order chi connectivity index (χ0) is 43.1. The lowest BCUT2D eigenvalue weighted by molar-refractivity contribution is -0.136. The zero-order valence-corrected chi connectivity index (χ0v) is 35.9. The number of hydrogen-bond acceptors (Lipinski definition) is 13. The van der Waals surface area contributed by atoms with Crippen molar-refractivity contribution >= 4 is 74.3 Å². The third-order valence-electron chi connectivity index (χ3n) is 12.6. The molecule has 2 aromatic carbocycles. The summed E-state index contributed by atoms with van der Waals surface area (Å²) >= 11 is 6.60. The Balaban J connectivity index is 0.746. The molecule has 4 fully saturated rings. The zero-order valence-electron chi connectivity index (χ0n) is 35.2. The van der Waals surface area contributed by atoms with Crippen molar-refractivity contribution in [3.05, 3.63) is 70.2 Å². The van der Waals surface area contributed by atoms with Crippen molar-refractivity contribution in [1.29, 1.82) is 0 Å². The monoisotopic (exact) mass is 865 g/mol. The van der Waals surface area contributed by atoms with E-state index in [9.17, 15) is 19.2 Å². The molecule has 3 aliphatic heterocycles. The van der Waals surface area contributed by atoms with Crippen LogP contribution in [-0.2, 0) is 19.1 Å². The second-order valence-electron chi connectivity index (χ2n) is 16.9. The maximum absolute atomic E-state index is 13.2. The van der Waals surface area contributed by atoms with Gasteiger partial charge in [0.1, 0.15) is 11.1 Å². The van der Waals surface area contributed by atoms with Crippen molar-refractivity contribution in [1.82, 2.24) is 39.8 Å². The van der Waals surface area contributed by atoms with Crippen LogP contribution in [-0.4, -0.2) is 118 Å². The fraction of sp³-hybridized carbons (Fsp3) is 0.477. The van der Waals surface area contributed by atoms with Crippen molar-refractivity contribution in [2.75, 3.05) is 68.0 Å². The molecule has 17 nitrogen and oxygen atoms in total. The maximum Gasteiger partial charge on any atom is 0.293 e. The Bertz CT molecular complexity index is 2560. The number of hydrogen-bond donors (Lipinski definition) is 3. The quantitative estimate of drug-likeness (QED) is 0.149. The molecule has 3 aromatic heterocycles. The van der Waals surface area contributed by atoms with E-state index >= 15 is 0 Å². The van der Waals surface area contributed by atoms with Crippen LogP contribution < -0.4 is 36.0 Å². The van der Waals surface area contributed by atoms with Gasteiger partial charge in [0.25, 0.3) is 17.4 Å². The van der Waals surface area contributed by atoms with Crippen LogP contribution in [0.15, 0.2) is 59.7 Å². The largest absolute Gasteiger partial charge is 0.478 e. The Hall–Kier alpha value is -5.78. The van der Waals surface area contributed by atoms with Gasteiger partial charge in [0.05, 0.1) is 35.6 Å². The standard InChI is InChI=1S/C44H52ClN11O6/c1-26(2)55-35-6-4-29(18-27(35)20-38(43(55)60)61-25-40(58)46-3)49-41-34(45)24-47-44(51-41)54-12-10-32(11-13-54)62-33-21-31(22-33)53-16-14-52(15-17-53)30-5-7-36-28(19-30)23-48-56(36)37-8-9-39(57)50-42(37)59/h4-7,18-20,23-24,26,31-33,37H,8-17,21-22,25H2,1-3H3,(H,46,58)(H,47,49,51)(H,50,57,59). The average molecular weight is 866 g/mol. The van der Waals surface area contributed by atoms with Crippen LogP contribution in [0.4, 0.5) is 23.1 Å². The lowest BCUT2D eigenvalue weighted by atomic mass is 9.87. The summed E-state index contributed by atoms with van der Waals surface area (Å²) < 4.78 is 15.6. The molecule has 18 heteroatoms. The number of anilines is 4. The SMILES string of the molecule is CNC(=O)COc1cc2cc(Nc3nc(N4CCC(OC5CC(N6CCN(c7ccc8c(cnn8C8CCC(=O)NC8=O)c7)CC6)C5)CC4)ncc3Cl)ccc2n(C(C)C)c1=O. The number of imide groups is 1. The highest BCUT2D eigenvalue weighted by Crippen LogP contribution is 2.34. The summed E-state index contributed by atoms with van der Waals surface area (Å²) in [6, 6.07) is 13.6. The summed E-state index contributed by atoms with van der Waals surface area (Å²) in [5.41, 5.74) is 3.22. The third kappa shape index (κ3) is 8.52. The van der Waals surface area contributed by atoms with Gasteiger partial charge in [0, 0.05) is 87.0 Å². The van der Waals surface area contributed by atoms with Crippen LogP contribution in [0.25, 0.3) is 21.8 Å². The lowest BCUT2D eigenvalue weighted by Gasteiger charge is -2.47. The van der Waals surface area contributed by atoms with E-state index in [0.29, 0.717) is 35.7 Å². The number of fused-ring (bicyclic) bond motifs is 2. The van der Waals surface area contributed by atoms with Gasteiger partial charge in [0.2, 0.25) is 11.9 Å². The number of likely N-dealkylation sites (N-methyl/N-ethyl adjacent to an activating group) is 1. The first kappa shape index (κ1) is 41.6. The predicted octanol–water partition coefficient (Wildman–Crippen LogP) is 4.56. The number of rotatable bonds is 12. The van der Waals surface area contributed by atoms with Gasteiger partial charge in [-0.3, -0.25) is 34.1 Å². The number of piperazine rings is 1. The molecule has 1 unspecified atom stereocenters. The van der Waals surface area contributed by atoms with Crippen LogP contribution in [0, 0.1) is 0 Å². The predicted molar refractivity (Wildman–Crippen MR) is 237 cm³/mol. The normalized spacial score (nSPS) is 21.3. The van der Waals surface area contributed by atoms with E-state index in [0.717, 1.165) is 98.1 Å². The van der Waals surface area contributed by atoms with Crippen molar-refractivity contribution in [2.24, 2.45) is 0 Å². The number of halogens is 1. The van der Waals surface area contributed by atoms with Crippen molar-refractivity contribution in [2.45, 2.75) is 82.7 Å².